The molecule has 3 N–H and O–H groups in total. The van der Waals surface area contributed by atoms with Crippen LogP contribution >= 0.6 is 12.4 Å². The van der Waals surface area contributed by atoms with Gasteiger partial charge in [0.1, 0.15) is 18.2 Å². The molecule has 0 aliphatic heterocycles. The molecule has 0 heterocycles. The lowest BCUT2D eigenvalue weighted by Gasteiger charge is -2.22. The number of carbonyl (C=O) groups is 1. The normalized spacial score (nSPS) is 12.6. The van der Waals surface area contributed by atoms with Gasteiger partial charge < -0.3 is 15.8 Å². The van der Waals surface area contributed by atoms with E-state index in [1.807, 2.05) is 37.3 Å². The van der Waals surface area contributed by atoms with Crippen LogP contribution in [-0.4, -0.2) is 11.4 Å². The van der Waals surface area contributed by atoms with Gasteiger partial charge in [-0.3, -0.25) is 4.79 Å². The maximum Gasteiger partial charge on any atom is 0.240 e. The van der Waals surface area contributed by atoms with E-state index in [1.165, 1.54) is 12.1 Å². The number of ether oxygens (including phenoxy) is 1. The average Bonchev–Trinajstić information content (AvgIpc) is 2.58. The van der Waals surface area contributed by atoms with Crippen molar-refractivity contribution in [2.75, 3.05) is 0 Å². The standard InChI is InChI=1S/C20H25FN2O2.ClH/c1-3-11-20(2,22)19(24)23-13-15-7-9-18(10-8-15)25-14-16-5-4-6-17(21)12-16;/h4-10,12H,3,11,13-14,22H2,1-2H3,(H,23,24);1H. The summed E-state index contributed by atoms with van der Waals surface area (Å²) in [6, 6.07) is 13.7. The molecule has 2 aromatic carbocycles. The van der Waals surface area contributed by atoms with Gasteiger partial charge in [-0.05, 0) is 48.7 Å². The number of amides is 1. The highest BCUT2D eigenvalue weighted by atomic mass is 35.5. The second-order valence-corrected chi connectivity index (χ2v) is 6.41. The summed E-state index contributed by atoms with van der Waals surface area (Å²) in [5.41, 5.74) is 6.89. The molecule has 0 aliphatic carbocycles. The molecule has 0 spiro atoms. The van der Waals surface area contributed by atoms with Gasteiger partial charge in [-0.25, -0.2) is 4.39 Å². The Bertz CT molecular complexity index is 705. The van der Waals surface area contributed by atoms with Gasteiger partial charge in [0.05, 0.1) is 5.54 Å². The SMILES string of the molecule is CCCC(C)(N)C(=O)NCc1ccc(OCc2cccc(F)c2)cc1.Cl. The zero-order valence-electron chi connectivity index (χ0n) is 15.1. The number of carbonyl (C=O) groups excluding carboxylic acids is 1. The van der Waals surface area contributed by atoms with Crippen molar-refractivity contribution in [2.45, 2.75) is 45.4 Å². The molecule has 4 nitrogen and oxygen atoms in total. The third-order valence-corrected chi connectivity index (χ3v) is 3.96. The first-order chi connectivity index (χ1) is 11.9. The molecule has 1 amide bonds. The Hall–Kier alpha value is -2.11. The minimum atomic E-state index is -0.844. The van der Waals surface area contributed by atoms with Crippen LogP contribution in [0, 0.1) is 5.82 Å². The topological polar surface area (TPSA) is 64.4 Å². The van der Waals surface area contributed by atoms with Crippen LogP contribution in [0.5, 0.6) is 5.75 Å². The Kier molecular flexibility index (Phi) is 8.55. The molecule has 0 radical (unpaired) electrons. The zero-order valence-corrected chi connectivity index (χ0v) is 15.9. The lowest BCUT2D eigenvalue weighted by molar-refractivity contribution is -0.126. The van der Waals surface area contributed by atoms with E-state index in [4.69, 9.17) is 10.5 Å². The van der Waals surface area contributed by atoms with Crippen molar-refractivity contribution < 1.29 is 13.9 Å². The third-order valence-electron chi connectivity index (χ3n) is 3.96. The molecule has 1 unspecified atom stereocenters. The summed E-state index contributed by atoms with van der Waals surface area (Å²) in [7, 11) is 0. The number of hydrogen-bond donors (Lipinski definition) is 2. The number of benzene rings is 2. The molecule has 2 rings (SSSR count). The molecule has 26 heavy (non-hydrogen) atoms. The summed E-state index contributed by atoms with van der Waals surface area (Å²) in [6.07, 6.45) is 1.50. The van der Waals surface area contributed by atoms with Crippen molar-refractivity contribution >= 4 is 18.3 Å². The van der Waals surface area contributed by atoms with Crippen molar-refractivity contribution in [3.05, 3.63) is 65.5 Å². The highest BCUT2D eigenvalue weighted by Crippen LogP contribution is 2.15. The van der Waals surface area contributed by atoms with Crippen LogP contribution in [-0.2, 0) is 17.9 Å². The number of rotatable bonds is 8. The number of nitrogens with one attached hydrogen (secondary N) is 1. The molecule has 0 bridgehead atoms. The van der Waals surface area contributed by atoms with Gasteiger partial charge in [0.25, 0.3) is 0 Å². The maximum atomic E-state index is 13.1. The second-order valence-electron chi connectivity index (χ2n) is 6.41. The summed E-state index contributed by atoms with van der Waals surface area (Å²) >= 11 is 0. The molecule has 0 saturated carbocycles. The van der Waals surface area contributed by atoms with E-state index in [2.05, 4.69) is 5.32 Å². The Labute approximate surface area is 160 Å². The zero-order chi connectivity index (χ0) is 18.3. The molecule has 2 aromatic rings. The minimum absolute atomic E-state index is 0. The van der Waals surface area contributed by atoms with Crippen LogP contribution in [0.25, 0.3) is 0 Å². The number of halogens is 2. The third kappa shape index (κ3) is 6.65. The number of nitrogens with two attached hydrogens (primary N) is 1. The van der Waals surface area contributed by atoms with Gasteiger partial charge in [-0.15, -0.1) is 12.4 Å². The molecule has 6 heteroatoms. The molecule has 0 aromatic heterocycles. The summed E-state index contributed by atoms with van der Waals surface area (Å²) in [5.74, 6) is 0.261. The first-order valence-electron chi connectivity index (χ1n) is 8.44. The summed E-state index contributed by atoms with van der Waals surface area (Å²) in [5, 5.41) is 2.86. The summed E-state index contributed by atoms with van der Waals surface area (Å²) in [4.78, 5) is 12.1. The van der Waals surface area contributed by atoms with Gasteiger partial charge in [0, 0.05) is 6.54 Å². The quantitative estimate of drug-likeness (QED) is 0.728. The van der Waals surface area contributed by atoms with Crippen LogP contribution < -0.4 is 15.8 Å². The van der Waals surface area contributed by atoms with Crippen LogP contribution in [0.15, 0.2) is 48.5 Å². The smallest absolute Gasteiger partial charge is 0.240 e. The number of hydrogen-bond acceptors (Lipinski definition) is 3. The van der Waals surface area contributed by atoms with Gasteiger partial charge in [0.15, 0.2) is 0 Å². The van der Waals surface area contributed by atoms with Gasteiger partial charge in [0.2, 0.25) is 5.91 Å². The summed E-state index contributed by atoms with van der Waals surface area (Å²) in [6.45, 7) is 4.46. The van der Waals surface area contributed by atoms with E-state index in [-0.39, 0.29) is 24.1 Å². The van der Waals surface area contributed by atoms with Crippen LogP contribution in [0.3, 0.4) is 0 Å². The Morgan fingerprint density at radius 1 is 1.19 bits per heavy atom. The van der Waals surface area contributed by atoms with E-state index in [0.29, 0.717) is 25.3 Å². The van der Waals surface area contributed by atoms with Crippen LogP contribution in [0.4, 0.5) is 4.39 Å². The van der Waals surface area contributed by atoms with Gasteiger partial charge in [-0.2, -0.15) is 0 Å². The van der Waals surface area contributed by atoms with E-state index in [1.54, 1.807) is 13.0 Å². The van der Waals surface area contributed by atoms with E-state index >= 15 is 0 Å². The molecule has 0 aliphatic rings. The lowest BCUT2D eigenvalue weighted by atomic mass is 9.96. The first kappa shape index (κ1) is 21.9. The Morgan fingerprint density at radius 3 is 2.50 bits per heavy atom. The lowest BCUT2D eigenvalue weighted by Crippen LogP contribution is -2.51. The van der Waals surface area contributed by atoms with Crippen molar-refractivity contribution in [1.29, 1.82) is 0 Å². The second kappa shape index (κ2) is 10.1. The largest absolute Gasteiger partial charge is 0.489 e. The fourth-order valence-corrected chi connectivity index (χ4v) is 2.51. The Morgan fingerprint density at radius 2 is 1.88 bits per heavy atom. The van der Waals surface area contributed by atoms with Crippen molar-refractivity contribution in [3.8, 4) is 5.75 Å². The maximum absolute atomic E-state index is 13.1. The van der Waals surface area contributed by atoms with Crippen molar-refractivity contribution in [1.82, 2.24) is 5.32 Å². The molecular formula is C20H26ClFN2O2. The first-order valence-corrected chi connectivity index (χ1v) is 8.44. The fourth-order valence-electron chi connectivity index (χ4n) is 2.51. The average molecular weight is 381 g/mol. The summed E-state index contributed by atoms with van der Waals surface area (Å²) < 4.78 is 18.8. The molecule has 1 atom stereocenters. The van der Waals surface area contributed by atoms with Crippen LogP contribution in [0.2, 0.25) is 0 Å². The minimum Gasteiger partial charge on any atom is -0.489 e. The molecule has 142 valence electrons. The monoisotopic (exact) mass is 380 g/mol. The Balaban J connectivity index is 0.00000338. The fraction of sp³-hybridized carbons (Fsp3) is 0.350. The molecule has 0 fully saturated rings. The van der Waals surface area contributed by atoms with Gasteiger partial charge in [-0.1, -0.05) is 37.6 Å². The highest BCUT2D eigenvalue weighted by Gasteiger charge is 2.26. The van der Waals surface area contributed by atoms with Crippen molar-refractivity contribution in [3.63, 3.8) is 0 Å². The van der Waals surface area contributed by atoms with Gasteiger partial charge >= 0.3 is 0 Å². The molecule has 0 saturated heterocycles. The predicted octanol–water partition coefficient (Wildman–Crippen LogP) is 3.96. The highest BCUT2D eigenvalue weighted by molar-refractivity contribution is 5.85. The molecular weight excluding hydrogens is 355 g/mol. The van der Waals surface area contributed by atoms with E-state index in [9.17, 15) is 9.18 Å². The predicted molar refractivity (Wildman–Crippen MR) is 104 cm³/mol. The van der Waals surface area contributed by atoms with Crippen LogP contribution in [0.1, 0.15) is 37.8 Å². The van der Waals surface area contributed by atoms with E-state index < -0.39 is 5.54 Å². The van der Waals surface area contributed by atoms with E-state index in [0.717, 1.165) is 17.5 Å². The van der Waals surface area contributed by atoms with Crippen molar-refractivity contribution in [2.24, 2.45) is 5.73 Å².